The molecule has 212 valence electrons. The van der Waals surface area contributed by atoms with E-state index in [1.807, 2.05) is 0 Å². The third kappa shape index (κ3) is 7.11. The number of pyridine rings is 1. The van der Waals surface area contributed by atoms with Crippen LogP contribution in [-0.2, 0) is 17.1 Å². The first-order valence-electron chi connectivity index (χ1n) is 10.8. The first-order chi connectivity index (χ1) is 18.6. The molecule has 16 heteroatoms. The molecule has 0 spiro atoms. The smallest absolute Gasteiger partial charge is 0.417 e. The molecule has 3 rings (SSSR count). The zero-order chi connectivity index (χ0) is 29.8. The maximum absolute atomic E-state index is 13.0. The second kappa shape index (κ2) is 11.7. The average Bonchev–Trinajstić information content (AvgIpc) is 2.88. The van der Waals surface area contributed by atoms with E-state index in [1.165, 1.54) is 7.05 Å². The van der Waals surface area contributed by atoms with Gasteiger partial charge in [0.05, 0.1) is 23.3 Å². The number of hydrogen-bond donors (Lipinski definition) is 2. The van der Waals surface area contributed by atoms with Crippen LogP contribution in [0.1, 0.15) is 37.6 Å². The Bertz CT molecular complexity index is 1520. The second-order valence-electron chi connectivity index (χ2n) is 7.80. The zero-order valence-corrected chi connectivity index (χ0v) is 21.0. The summed E-state index contributed by atoms with van der Waals surface area (Å²) >= 11 is 5.89. The number of aromatic nitrogens is 1. The van der Waals surface area contributed by atoms with E-state index in [2.05, 4.69) is 20.5 Å². The number of benzene rings is 1. The van der Waals surface area contributed by atoms with Gasteiger partial charge in [0, 0.05) is 25.0 Å². The highest BCUT2D eigenvalue weighted by Crippen LogP contribution is 2.33. The van der Waals surface area contributed by atoms with Crippen LogP contribution in [0.4, 0.5) is 37.8 Å². The van der Waals surface area contributed by atoms with E-state index in [0.717, 1.165) is 48.7 Å². The fourth-order valence-electron chi connectivity index (χ4n) is 3.11. The molecular weight excluding hydrogens is 574 g/mol. The average molecular weight is 591 g/mol. The first-order valence-corrected chi connectivity index (χ1v) is 11.1. The topological polar surface area (TPSA) is 114 Å². The molecule has 0 fully saturated rings. The molecule has 2 heterocycles. The van der Waals surface area contributed by atoms with Crippen molar-refractivity contribution in [2.75, 3.05) is 24.5 Å². The molecule has 0 aliphatic carbocycles. The molecular formula is C24H17ClF6N4O5. The van der Waals surface area contributed by atoms with E-state index in [4.69, 9.17) is 16.0 Å². The standard InChI is InChI=1S/C24H17ClF6N4O5/c1-35(19-16(25)9-14(11-32-19)24(29,30)31)33-7-6-18-15(21(37)39-2)10-17(22(38)40-18)34-20(36)12-4-3-5-13(8-12)23(26,27)28/h3-11,33H,1-2H3,(H,34,36)/b7-6+. The van der Waals surface area contributed by atoms with Gasteiger partial charge in [0.25, 0.3) is 5.91 Å². The number of esters is 1. The molecule has 0 radical (unpaired) electrons. The molecule has 0 saturated heterocycles. The minimum Gasteiger partial charge on any atom is -0.465 e. The number of hydrogen-bond acceptors (Lipinski definition) is 8. The quantitative estimate of drug-likeness (QED) is 0.214. The van der Waals surface area contributed by atoms with Crippen LogP contribution in [0.15, 0.2) is 58.0 Å². The van der Waals surface area contributed by atoms with Crippen LogP contribution in [0.3, 0.4) is 0 Å². The zero-order valence-electron chi connectivity index (χ0n) is 20.3. The van der Waals surface area contributed by atoms with E-state index < -0.39 is 52.2 Å². The Morgan fingerprint density at radius 3 is 2.35 bits per heavy atom. The van der Waals surface area contributed by atoms with Gasteiger partial charge in [-0.3, -0.25) is 9.80 Å². The van der Waals surface area contributed by atoms with Crippen molar-refractivity contribution in [1.82, 2.24) is 10.4 Å². The summed E-state index contributed by atoms with van der Waals surface area (Å²) in [6.07, 6.45) is -6.58. The van der Waals surface area contributed by atoms with Gasteiger partial charge in [0.2, 0.25) is 0 Å². The summed E-state index contributed by atoms with van der Waals surface area (Å²) in [5, 5.41) is 2.89. The molecule has 40 heavy (non-hydrogen) atoms. The fraction of sp³-hybridized carbons (Fsp3) is 0.167. The number of rotatable bonds is 7. The molecule has 1 amide bonds. The summed E-state index contributed by atoms with van der Waals surface area (Å²) in [5.74, 6) is -2.54. The molecule has 0 unspecified atom stereocenters. The highest BCUT2D eigenvalue weighted by atomic mass is 35.5. The van der Waals surface area contributed by atoms with Gasteiger partial charge in [-0.1, -0.05) is 17.7 Å². The predicted molar refractivity (Wildman–Crippen MR) is 131 cm³/mol. The Morgan fingerprint density at radius 2 is 1.75 bits per heavy atom. The molecule has 0 bridgehead atoms. The van der Waals surface area contributed by atoms with Crippen molar-refractivity contribution < 1.29 is 45.1 Å². The fourth-order valence-corrected chi connectivity index (χ4v) is 3.41. The monoisotopic (exact) mass is 590 g/mol. The molecule has 0 aliphatic heterocycles. The number of anilines is 2. The van der Waals surface area contributed by atoms with Gasteiger partial charge in [-0.2, -0.15) is 26.3 Å². The van der Waals surface area contributed by atoms with Crippen molar-refractivity contribution in [1.29, 1.82) is 0 Å². The Kier molecular flexibility index (Phi) is 8.77. The summed E-state index contributed by atoms with van der Waals surface area (Å²) in [6, 6.07) is 5.01. The van der Waals surface area contributed by atoms with Crippen molar-refractivity contribution in [3.63, 3.8) is 0 Å². The van der Waals surface area contributed by atoms with E-state index in [0.29, 0.717) is 18.3 Å². The summed E-state index contributed by atoms with van der Waals surface area (Å²) < 4.78 is 87.1. The Labute approximate surface area is 226 Å². The highest BCUT2D eigenvalue weighted by Gasteiger charge is 2.32. The first kappa shape index (κ1) is 30.0. The Balaban J connectivity index is 1.84. The third-order valence-corrected chi connectivity index (χ3v) is 5.33. The molecule has 0 saturated carbocycles. The number of methoxy groups -OCH3 is 1. The number of nitrogens with zero attached hydrogens (tertiary/aromatic N) is 2. The number of carbonyl (C=O) groups is 2. The SMILES string of the molecule is COC(=O)c1cc(NC(=O)c2cccc(C(F)(F)F)c2)c(=O)oc1/C=C/NN(C)c1ncc(C(F)(F)F)cc1Cl. The van der Waals surface area contributed by atoms with Crippen LogP contribution in [-0.4, -0.2) is 31.0 Å². The lowest BCUT2D eigenvalue weighted by Crippen LogP contribution is -2.30. The third-order valence-electron chi connectivity index (χ3n) is 5.05. The highest BCUT2D eigenvalue weighted by molar-refractivity contribution is 6.33. The van der Waals surface area contributed by atoms with Gasteiger partial charge >= 0.3 is 23.9 Å². The number of alkyl halides is 6. The Hall–Kier alpha value is -4.53. The molecule has 0 atom stereocenters. The lowest BCUT2D eigenvalue weighted by molar-refractivity contribution is -0.138. The second-order valence-corrected chi connectivity index (χ2v) is 8.21. The summed E-state index contributed by atoms with van der Waals surface area (Å²) in [5.41, 5.74) is -2.06. The summed E-state index contributed by atoms with van der Waals surface area (Å²) in [6.45, 7) is 0. The van der Waals surface area contributed by atoms with Crippen LogP contribution >= 0.6 is 11.6 Å². The molecule has 2 aromatic heterocycles. The number of hydrazine groups is 1. The molecule has 1 aromatic carbocycles. The largest absolute Gasteiger partial charge is 0.465 e. The minimum atomic E-state index is -4.71. The van der Waals surface area contributed by atoms with Crippen LogP contribution in [0, 0.1) is 0 Å². The van der Waals surface area contributed by atoms with Gasteiger partial charge in [0.15, 0.2) is 5.82 Å². The summed E-state index contributed by atoms with van der Waals surface area (Å²) in [4.78, 5) is 40.9. The molecule has 9 nitrogen and oxygen atoms in total. The number of ether oxygens (including phenoxy) is 1. The van der Waals surface area contributed by atoms with Crippen molar-refractivity contribution >= 4 is 41.1 Å². The lowest BCUT2D eigenvalue weighted by atomic mass is 10.1. The maximum Gasteiger partial charge on any atom is 0.417 e. The number of halogens is 7. The van der Waals surface area contributed by atoms with E-state index in [-0.39, 0.29) is 22.2 Å². The maximum atomic E-state index is 13.0. The van der Waals surface area contributed by atoms with E-state index in [9.17, 15) is 40.7 Å². The van der Waals surface area contributed by atoms with Crippen LogP contribution < -0.4 is 21.4 Å². The minimum absolute atomic E-state index is 0.0957. The van der Waals surface area contributed by atoms with Crippen LogP contribution in [0.5, 0.6) is 0 Å². The van der Waals surface area contributed by atoms with Crippen LogP contribution in [0.2, 0.25) is 5.02 Å². The van der Waals surface area contributed by atoms with Crippen LogP contribution in [0.25, 0.3) is 6.08 Å². The molecule has 2 N–H and O–H groups in total. The van der Waals surface area contributed by atoms with E-state index >= 15 is 0 Å². The predicted octanol–water partition coefficient (Wildman–Crippen LogP) is 5.38. The van der Waals surface area contributed by atoms with Gasteiger partial charge in [-0.05, 0) is 36.4 Å². The number of nitrogens with one attached hydrogen (secondary N) is 2. The van der Waals surface area contributed by atoms with Gasteiger partial charge < -0.3 is 19.9 Å². The van der Waals surface area contributed by atoms with E-state index in [1.54, 1.807) is 0 Å². The normalized spacial score (nSPS) is 11.8. The van der Waals surface area contributed by atoms with Crippen molar-refractivity contribution in [3.8, 4) is 0 Å². The van der Waals surface area contributed by atoms with Gasteiger partial charge in [0.1, 0.15) is 17.0 Å². The number of carbonyl (C=O) groups excluding carboxylic acids is 2. The van der Waals surface area contributed by atoms with Gasteiger partial charge in [-0.15, -0.1) is 0 Å². The van der Waals surface area contributed by atoms with Gasteiger partial charge in [-0.25, -0.2) is 14.6 Å². The molecule has 0 aliphatic rings. The lowest BCUT2D eigenvalue weighted by Gasteiger charge is -2.19. The van der Waals surface area contributed by atoms with Crippen molar-refractivity contribution in [2.45, 2.75) is 12.4 Å². The van der Waals surface area contributed by atoms with Crippen molar-refractivity contribution in [3.05, 3.63) is 92.3 Å². The number of amides is 1. The Morgan fingerprint density at radius 1 is 1.07 bits per heavy atom. The molecule has 3 aromatic rings. The van der Waals surface area contributed by atoms with Crippen molar-refractivity contribution in [2.24, 2.45) is 0 Å². The summed E-state index contributed by atoms with van der Waals surface area (Å²) in [7, 11) is 2.38.